The molecule has 2 aromatic rings. The van der Waals surface area contributed by atoms with Crippen LogP contribution in [-0.2, 0) is 11.2 Å². The molecule has 1 aromatic carbocycles. The zero-order valence-corrected chi connectivity index (χ0v) is 13.3. The molecule has 1 heterocycles. The fraction of sp³-hybridized carbons (Fsp3) is 0.438. The Morgan fingerprint density at radius 2 is 2.05 bits per heavy atom. The highest BCUT2D eigenvalue weighted by Crippen LogP contribution is 2.27. The number of fused-ring (bicyclic) bond motifs is 1. The Labute approximate surface area is 123 Å². The normalized spacial score (nSPS) is 11.6. The van der Waals surface area contributed by atoms with Gasteiger partial charge < -0.3 is 10.1 Å². The molecule has 0 bridgehead atoms. The zero-order chi connectivity index (χ0) is 14.8. The number of hydrogen-bond acceptors (Lipinski definition) is 3. The SMILES string of the molecule is Cc1c(CCNC(=O)OC(C)(C)C)ccc2ccsc12. The minimum Gasteiger partial charge on any atom is -0.444 e. The van der Waals surface area contributed by atoms with Gasteiger partial charge in [-0.1, -0.05) is 12.1 Å². The van der Waals surface area contributed by atoms with Crippen LogP contribution in [0, 0.1) is 6.92 Å². The van der Waals surface area contributed by atoms with Gasteiger partial charge in [0, 0.05) is 11.2 Å². The van der Waals surface area contributed by atoms with Crippen LogP contribution < -0.4 is 5.32 Å². The van der Waals surface area contributed by atoms with Gasteiger partial charge in [0.25, 0.3) is 0 Å². The van der Waals surface area contributed by atoms with Gasteiger partial charge in [0.1, 0.15) is 5.60 Å². The molecule has 1 amide bonds. The standard InChI is InChI=1S/C16H21NO2S/c1-11-12(5-6-13-8-10-20-14(11)13)7-9-17-15(18)19-16(2,3)4/h5-6,8,10H,7,9H2,1-4H3,(H,17,18). The van der Waals surface area contributed by atoms with Crippen LogP contribution in [0.25, 0.3) is 10.1 Å². The van der Waals surface area contributed by atoms with Gasteiger partial charge >= 0.3 is 6.09 Å². The van der Waals surface area contributed by atoms with E-state index in [0.29, 0.717) is 6.54 Å². The first-order valence-corrected chi connectivity index (χ1v) is 7.67. The van der Waals surface area contributed by atoms with Crippen molar-refractivity contribution in [2.24, 2.45) is 0 Å². The lowest BCUT2D eigenvalue weighted by molar-refractivity contribution is 0.0528. The second-order valence-electron chi connectivity index (χ2n) is 5.87. The van der Waals surface area contributed by atoms with E-state index in [0.717, 1.165) is 6.42 Å². The van der Waals surface area contributed by atoms with Gasteiger partial charge in [-0.2, -0.15) is 0 Å². The molecular weight excluding hydrogens is 270 g/mol. The molecule has 0 radical (unpaired) electrons. The summed E-state index contributed by atoms with van der Waals surface area (Å²) >= 11 is 1.76. The van der Waals surface area contributed by atoms with E-state index in [1.807, 2.05) is 20.8 Å². The van der Waals surface area contributed by atoms with E-state index in [2.05, 4.69) is 35.8 Å². The summed E-state index contributed by atoms with van der Waals surface area (Å²) in [5.41, 5.74) is 2.13. The van der Waals surface area contributed by atoms with Gasteiger partial charge in [0.05, 0.1) is 0 Å². The predicted molar refractivity (Wildman–Crippen MR) is 84.5 cm³/mol. The van der Waals surface area contributed by atoms with E-state index >= 15 is 0 Å². The molecule has 3 nitrogen and oxygen atoms in total. The Bertz CT molecular complexity index is 610. The van der Waals surface area contributed by atoms with Crippen LogP contribution in [-0.4, -0.2) is 18.2 Å². The molecule has 0 unspecified atom stereocenters. The third-order valence-corrected chi connectivity index (χ3v) is 4.09. The molecule has 2 rings (SSSR count). The van der Waals surface area contributed by atoms with Crippen molar-refractivity contribution >= 4 is 27.5 Å². The highest BCUT2D eigenvalue weighted by molar-refractivity contribution is 7.17. The minimum absolute atomic E-state index is 0.354. The van der Waals surface area contributed by atoms with E-state index in [1.165, 1.54) is 21.2 Å². The summed E-state index contributed by atoms with van der Waals surface area (Å²) < 4.78 is 6.55. The first-order chi connectivity index (χ1) is 9.37. The average Bonchev–Trinajstić information content (AvgIpc) is 2.78. The minimum atomic E-state index is -0.449. The molecule has 0 saturated carbocycles. The highest BCUT2D eigenvalue weighted by Gasteiger charge is 2.15. The summed E-state index contributed by atoms with van der Waals surface area (Å²) in [5.74, 6) is 0. The summed E-state index contributed by atoms with van der Waals surface area (Å²) in [7, 11) is 0. The molecule has 20 heavy (non-hydrogen) atoms. The van der Waals surface area contributed by atoms with Crippen LogP contribution in [0.3, 0.4) is 0 Å². The number of aryl methyl sites for hydroxylation is 1. The number of amides is 1. The second kappa shape index (κ2) is 5.83. The number of rotatable bonds is 3. The number of ether oxygens (including phenoxy) is 1. The monoisotopic (exact) mass is 291 g/mol. The van der Waals surface area contributed by atoms with Gasteiger partial charge in [-0.3, -0.25) is 0 Å². The Balaban J connectivity index is 1.93. The molecule has 0 fully saturated rings. The van der Waals surface area contributed by atoms with E-state index in [-0.39, 0.29) is 6.09 Å². The quantitative estimate of drug-likeness (QED) is 0.916. The number of thiophene rings is 1. The average molecular weight is 291 g/mol. The number of alkyl carbamates (subject to hydrolysis) is 1. The molecule has 0 aliphatic rings. The fourth-order valence-corrected chi connectivity index (χ4v) is 3.03. The molecular formula is C16H21NO2S. The van der Waals surface area contributed by atoms with Crippen molar-refractivity contribution in [3.8, 4) is 0 Å². The van der Waals surface area contributed by atoms with Crippen molar-refractivity contribution in [3.05, 3.63) is 34.7 Å². The van der Waals surface area contributed by atoms with E-state index in [9.17, 15) is 4.79 Å². The third kappa shape index (κ3) is 3.73. The topological polar surface area (TPSA) is 38.3 Å². The van der Waals surface area contributed by atoms with Gasteiger partial charge in [-0.05, 0) is 62.1 Å². The number of nitrogens with one attached hydrogen (secondary N) is 1. The third-order valence-electron chi connectivity index (χ3n) is 3.04. The molecule has 0 saturated heterocycles. The summed E-state index contributed by atoms with van der Waals surface area (Å²) in [4.78, 5) is 11.6. The largest absolute Gasteiger partial charge is 0.444 e. The van der Waals surface area contributed by atoms with Gasteiger partial charge in [-0.15, -0.1) is 11.3 Å². The Morgan fingerprint density at radius 3 is 2.75 bits per heavy atom. The lowest BCUT2D eigenvalue weighted by Crippen LogP contribution is -2.33. The number of carbonyl (C=O) groups is 1. The fourth-order valence-electron chi connectivity index (χ4n) is 2.10. The van der Waals surface area contributed by atoms with Gasteiger partial charge in [0.15, 0.2) is 0 Å². The highest BCUT2D eigenvalue weighted by atomic mass is 32.1. The van der Waals surface area contributed by atoms with Crippen molar-refractivity contribution in [2.75, 3.05) is 6.54 Å². The van der Waals surface area contributed by atoms with E-state index in [1.54, 1.807) is 11.3 Å². The number of hydrogen-bond donors (Lipinski definition) is 1. The Kier molecular flexibility index (Phi) is 4.33. The zero-order valence-electron chi connectivity index (χ0n) is 12.4. The maximum absolute atomic E-state index is 11.6. The second-order valence-corrected chi connectivity index (χ2v) is 6.78. The van der Waals surface area contributed by atoms with Crippen molar-refractivity contribution in [1.82, 2.24) is 5.32 Å². The summed E-state index contributed by atoms with van der Waals surface area (Å²) in [6.45, 7) is 8.32. The summed E-state index contributed by atoms with van der Waals surface area (Å²) in [6.07, 6.45) is 0.464. The van der Waals surface area contributed by atoms with E-state index in [4.69, 9.17) is 4.74 Å². The van der Waals surface area contributed by atoms with E-state index < -0.39 is 5.60 Å². The maximum atomic E-state index is 11.6. The van der Waals surface area contributed by atoms with Gasteiger partial charge in [-0.25, -0.2) is 4.79 Å². The molecule has 0 atom stereocenters. The van der Waals surface area contributed by atoms with Crippen LogP contribution in [0.2, 0.25) is 0 Å². The van der Waals surface area contributed by atoms with Crippen LogP contribution >= 0.6 is 11.3 Å². The van der Waals surface area contributed by atoms with Crippen LogP contribution in [0.15, 0.2) is 23.6 Å². The Morgan fingerprint density at radius 1 is 1.30 bits per heavy atom. The lowest BCUT2D eigenvalue weighted by Gasteiger charge is -2.19. The molecule has 108 valence electrons. The molecule has 0 spiro atoms. The van der Waals surface area contributed by atoms with Crippen LogP contribution in [0.5, 0.6) is 0 Å². The predicted octanol–water partition coefficient (Wildman–Crippen LogP) is 4.28. The summed E-state index contributed by atoms with van der Waals surface area (Å²) in [5, 5.41) is 6.20. The van der Waals surface area contributed by atoms with Crippen molar-refractivity contribution in [1.29, 1.82) is 0 Å². The van der Waals surface area contributed by atoms with Crippen molar-refractivity contribution in [3.63, 3.8) is 0 Å². The number of benzene rings is 1. The van der Waals surface area contributed by atoms with Crippen molar-refractivity contribution < 1.29 is 9.53 Å². The van der Waals surface area contributed by atoms with Crippen molar-refractivity contribution in [2.45, 2.75) is 39.7 Å². The molecule has 1 aromatic heterocycles. The first-order valence-electron chi connectivity index (χ1n) is 6.79. The van der Waals surface area contributed by atoms with Gasteiger partial charge in [0.2, 0.25) is 0 Å². The Hall–Kier alpha value is -1.55. The molecule has 4 heteroatoms. The maximum Gasteiger partial charge on any atom is 0.407 e. The molecule has 0 aliphatic heterocycles. The molecule has 1 N–H and O–H groups in total. The first kappa shape index (κ1) is 14.9. The molecule has 0 aliphatic carbocycles. The lowest BCUT2D eigenvalue weighted by atomic mass is 10.0. The van der Waals surface area contributed by atoms with Crippen LogP contribution in [0.1, 0.15) is 31.9 Å². The summed E-state index contributed by atoms with van der Waals surface area (Å²) in [6, 6.07) is 6.42. The smallest absolute Gasteiger partial charge is 0.407 e. The van der Waals surface area contributed by atoms with Crippen LogP contribution in [0.4, 0.5) is 4.79 Å². The number of carbonyl (C=O) groups excluding carboxylic acids is 1.